The highest BCUT2D eigenvalue weighted by atomic mass is 14.4. The molecule has 0 heteroatoms. The summed E-state index contributed by atoms with van der Waals surface area (Å²) in [6.07, 6.45) is 23.3. The van der Waals surface area contributed by atoms with Crippen molar-refractivity contribution >= 4 is 0 Å². The average molecular weight is 379 g/mol. The molecule has 4 rings (SSSR count). The van der Waals surface area contributed by atoms with Crippen LogP contribution in [0, 0.1) is 29.6 Å². The lowest BCUT2D eigenvalue weighted by atomic mass is 9.61. The molecule has 0 heterocycles. The number of unbranched alkanes of at least 4 members (excludes halogenated alkanes) is 2. The van der Waals surface area contributed by atoms with E-state index in [1.165, 1.54) is 77.0 Å². The fourth-order valence-corrected chi connectivity index (χ4v) is 6.81. The Balaban J connectivity index is 1.32. The van der Waals surface area contributed by atoms with E-state index in [9.17, 15) is 0 Å². The normalized spacial score (nSPS) is 32.9. The molecular weight excluding hydrogens is 336 g/mol. The van der Waals surface area contributed by atoms with Crippen molar-refractivity contribution in [1.82, 2.24) is 0 Å². The van der Waals surface area contributed by atoms with Crippen LogP contribution in [0.15, 0.2) is 30.4 Å². The molecule has 3 aliphatic carbocycles. The first-order chi connectivity index (χ1) is 13.8. The Kier molecular flexibility index (Phi) is 6.97. The zero-order valence-electron chi connectivity index (χ0n) is 18.5. The van der Waals surface area contributed by atoms with Gasteiger partial charge in [0.05, 0.1) is 0 Å². The minimum atomic E-state index is 0.885. The largest absolute Gasteiger partial charge is 0.0914 e. The molecule has 0 amide bonds. The van der Waals surface area contributed by atoms with E-state index in [1.807, 2.05) is 0 Å². The number of hydrogen-bond donors (Lipinski definition) is 0. The maximum absolute atomic E-state index is 2.56. The van der Waals surface area contributed by atoms with Crippen LogP contribution in [0.25, 0.3) is 0 Å². The van der Waals surface area contributed by atoms with Crippen molar-refractivity contribution in [2.24, 2.45) is 29.6 Å². The van der Waals surface area contributed by atoms with Gasteiger partial charge >= 0.3 is 0 Å². The molecule has 3 aliphatic rings. The third-order valence-electron chi connectivity index (χ3n) is 8.43. The van der Waals surface area contributed by atoms with Gasteiger partial charge in [0.1, 0.15) is 0 Å². The van der Waals surface area contributed by atoms with Gasteiger partial charge in [0.25, 0.3) is 0 Å². The summed E-state index contributed by atoms with van der Waals surface area (Å²) < 4.78 is 0. The summed E-state index contributed by atoms with van der Waals surface area (Å²) in [4.78, 5) is 0. The van der Waals surface area contributed by atoms with Crippen molar-refractivity contribution in [2.45, 2.75) is 97.3 Å². The van der Waals surface area contributed by atoms with Crippen molar-refractivity contribution in [3.63, 3.8) is 0 Å². The minimum Gasteiger partial charge on any atom is -0.0914 e. The van der Waals surface area contributed by atoms with E-state index in [-0.39, 0.29) is 0 Å². The minimum absolute atomic E-state index is 0.885. The smallest absolute Gasteiger partial charge is 0.0231 e. The highest BCUT2D eigenvalue weighted by molar-refractivity contribution is 5.34. The van der Waals surface area contributed by atoms with Gasteiger partial charge in [-0.15, -0.1) is 0 Å². The van der Waals surface area contributed by atoms with Gasteiger partial charge in [-0.3, -0.25) is 0 Å². The summed E-state index contributed by atoms with van der Waals surface area (Å²) >= 11 is 0. The van der Waals surface area contributed by atoms with E-state index in [1.54, 1.807) is 23.1 Å². The van der Waals surface area contributed by atoms with Crippen LogP contribution in [0.2, 0.25) is 0 Å². The van der Waals surface area contributed by atoms with Crippen molar-refractivity contribution in [3.8, 4) is 0 Å². The van der Waals surface area contributed by atoms with Crippen LogP contribution in [0.3, 0.4) is 0 Å². The van der Waals surface area contributed by atoms with Crippen LogP contribution in [0.4, 0.5) is 0 Å². The van der Waals surface area contributed by atoms with Crippen molar-refractivity contribution in [2.75, 3.05) is 0 Å². The topological polar surface area (TPSA) is 0 Å². The molecule has 28 heavy (non-hydrogen) atoms. The van der Waals surface area contributed by atoms with E-state index >= 15 is 0 Å². The van der Waals surface area contributed by atoms with Gasteiger partial charge in [-0.2, -0.15) is 0 Å². The Hall–Kier alpha value is -1.04. The van der Waals surface area contributed by atoms with Crippen LogP contribution < -0.4 is 0 Å². The number of aryl methyl sites for hydroxylation is 2. The van der Waals surface area contributed by atoms with Gasteiger partial charge in [-0.25, -0.2) is 0 Å². The molecule has 0 saturated heterocycles. The van der Waals surface area contributed by atoms with Crippen molar-refractivity contribution in [1.29, 1.82) is 0 Å². The van der Waals surface area contributed by atoms with Gasteiger partial charge in [-0.1, -0.05) is 50.1 Å². The molecule has 0 bridgehead atoms. The molecule has 154 valence electrons. The fourth-order valence-electron chi connectivity index (χ4n) is 6.81. The Labute approximate surface area is 174 Å². The lowest BCUT2D eigenvalue weighted by molar-refractivity contribution is 0.0810. The third kappa shape index (κ3) is 4.74. The number of allylic oxidation sites excluding steroid dienone is 2. The fraction of sp³-hybridized carbons (Fsp3) is 0.714. The van der Waals surface area contributed by atoms with Crippen LogP contribution in [0.1, 0.15) is 94.7 Å². The second kappa shape index (κ2) is 9.64. The third-order valence-corrected chi connectivity index (χ3v) is 8.43. The summed E-state index contributed by atoms with van der Waals surface area (Å²) in [5.74, 6) is 4.94. The zero-order valence-corrected chi connectivity index (χ0v) is 18.5. The lowest BCUT2D eigenvalue weighted by Crippen LogP contribution is -2.34. The molecule has 5 unspecified atom stereocenters. The van der Waals surface area contributed by atoms with Gasteiger partial charge in [0, 0.05) is 0 Å². The molecule has 0 radical (unpaired) electrons. The molecular formula is C28H42. The predicted molar refractivity (Wildman–Crippen MR) is 122 cm³/mol. The molecule has 2 saturated carbocycles. The molecule has 0 nitrogen and oxygen atoms in total. The first kappa shape index (κ1) is 20.2. The monoisotopic (exact) mass is 378 g/mol. The second-order valence-electron chi connectivity index (χ2n) is 10.3. The first-order valence-electron chi connectivity index (χ1n) is 12.5. The summed E-state index contributed by atoms with van der Waals surface area (Å²) in [6, 6.07) is 7.49. The summed E-state index contributed by atoms with van der Waals surface area (Å²) in [5, 5.41) is 0. The first-order valence-corrected chi connectivity index (χ1v) is 12.5. The van der Waals surface area contributed by atoms with Gasteiger partial charge in [-0.05, 0) is 124 Å². The van der Waals surface area contributed by atoms with Gasteiger partial charge in [0.15, 0.2) is 0 Å². The molecule has 0 aromatic heterocycles. The van der Waals surface area contributed by atoms with E-state index in [2.05, 4.69) is 44.2 Å². The SMILES string of the molecule is CC=CC1CCC2CC(C3CCc4cc(CCCCC)ccc4C3)CCC2C1. The number of benzene rings is 1. The van der Waals surface area contributed by atoms with Gasteiger partial charge < -0.3 is 0 Å². The summed E-state index contributed by atoms with van der Waals surface area (Å²) in [6.45, 7) is 4.49. The maximum Gasteiger partial charge on any atom is -0.0231 e. The predicted octanol–water partition coefficient (Wildman–Crippen LogP) is 7.93. The van der Waals surface area contributed by atoms with Crippen molar-refractivity contribution in [3.05, 3.63) is 47.0 Å². The van der Waals surface area contributed by atoms with Crippen LogP contribution in [0.5, 0.6) is 0 Å². The van der Waals surface area contributed by atoms with E-state index in [0.29, 0.717) is 0 Å². The Morgan fingerprint density at radius 3 is 2.46 bits per heavy atom. The van der Waals surface area contributed by atoms with E-state index in [4.69, 9.17) is 0 Å². The standard InChI is InChI=1S/C28H42/c1-3-5-6-8-22-10-12-26-20-28(16-14-24(26)18-22)27-15-13-23-17-21(7-4-2)9-11-25(23)19-27/h4,7,10,12,18,21,23,25,27-28H,3,5-6,8-9,11,13-17,19-20H2,1-2H3. The molecule has 5 atom stereocenters. The lowest BCUT2D eigenvalue weighted by Gasteiger charge is -2.44. The second-order valence-corrected chi connectivity index (χ2v) is 10.3. The highest BCUT2D eigenvalue weighted by Crippen LogP contribution is 2.48. The summed E-state index contributed by atoms with van der Waals surface area (Å²) in [5.41, 5.74) is 4.96. The number of hydrogen-bond acceptors (Lipinski definition) is 0. The van der Waals surface area contributed by atoms with Gasteiger partial charge in [0.2, 0.25) is 0 Å². The number of fused-ring (bicyclic) bond motifs is 2. The maximum atomic E-state index is 2.56. The Morgan fingerprint density at radius 1 is 0.857 bits per heavy atom. The van der Waals surface area contributed by atoms with Crippen LogP contribution in [-0.2, 0) is 19.3 Å². The highest BCUT2D eigenvalue weighted by Gasteiger charge is 2.38. The van der Waals surface area contributed by atoms with Crippen LogP contribution in [-0.4, -0.2) is 0 Å². The Morgan fingerprint density at radius 2 is 1.64 bits per heavy atom. The van der Waals surface area contributed by atoms with E-state index in [0.717, 1.165) is 29.6 Å². The van der Waals surface area contributed by atoms with Crippen molar-refractivity contribution < 1.29 is 0 Å². The molecule has 1 aromatic rings. The Bertz CT molecular complexity index is 654. The quantitative estimate of drug-likeness (QED) is 0.348. The molecule has 0 spiro atoms. The zero-order chi connectivity index (χ0) is 19.3. The average Bonchev–Trinajstić information content (AvgIpc) is 2.73. The van der Waals surface area contributed by atoms with E-state index < -0.39 is 0 Å². The molecule has 1 aromatic carbocycles. The number of rotatable bonds is 6. The molecule has 2 fully saturated rings. The molecule has 0 aliphatic heterocycles. The summed E-state index contributed by atoms with van der Waals surface area (Å²) in [7, 11) is 0. The van der Waals surface area contributed by atoms with Crippen LogP contribution >= 0.6 is 0 Å². The molecule has 0 N–H and O–H groups in total.